The van der Waals surface area contributed by atoms with E-state index in [0.717, 1.165) is 18.2 Å². The summed E-state index contributed by atoms with van der Waals surface area (Å²) in [5.74, 6) is -0.647. The molecule has 0 bridgehead atoms. The fourth-order valence-corrected chi connectivity index (χ4v) is 2.35. The molecule has 0 aliphatic carbocycles. The maximum Gasteiger partial charge on any atom is 0.240 e. The summed E-state index contributed by atoms with van der Waals surface area (Å²) in [6.07, 6.45) is 0. The molecule has 0 atom stereocenters. The van der Waals surface area contributed by atoms with Crippen molar-refractivity contribution in [2.24, 2.45) is 0 Å². The fraction of sp³-hybridized carbons (Fsp3) is 0.455. The Hall–Kier alpha value is -1.18. The number of methoxy groups -OCH3 is 1. The van der Waals surface area contributed by atoms with Crippen LogP contribution in [-0.2, 0) is 14.8 Å². The molecule has 0 radical (unpaired) electrons. The van der Waals surface area contributed by atoms with Gasteiger partial charge >= 0.3 is 0 Å². The van der Waals surface area contributed by atoms with Gasteiger partial charge in [0.2, 0.25) is 10.0 Å². The number of nitrogens with one attached hydrogen (secondary N) is 1. The lowest BCUT2D eigenvalue weighted by molar-refractivity contribution is 0.0276. The SMILES string of the molecule is COC(C)(C)CNS(=O)(=O)c1ccc(F)c(N)c1. The molecule has 1 aromatic carbocycles. The van der Waals surface area contributed by atoms with Gasteiger partial charge in [-0.15, -0.1) is 0 Å². The Kier molecular flexibility index (Phi) is 4.31. The average molecular weight is 276 g/mol. The largest absolute Gasteiger partial charge is 0.396 e. The van der Waals surface area contributed by atoms with Crippen LogP contribution in [-0.4, -0.2) is 27.7 Å². The highest BCUT2D eigenvalue weighted by Crippen LogP contribution is 2.17. The second kappa shape index (κ2) is 5.21. The predicted octanol–water partition coefficient (Wildman–Crippen LogP) is 1.11. The van der Waals surface area contributed by atoms with Gasteiger partial charge in [0.25, 0.3) is 0 Å². The second-order valence-corrected chi connectivity index (χ2v) is 6.24. The quantitative estimate of drug-likeness (QED) is 0.789. The number of halogens is 1. The third-order valence-corrected chi connectivity index (χ3v) is 3.92. The van der Waals surface area contributed by atoms with Gasteiger partial charge in [-0.1, -0.05) is 0 Å². The number of ether oxygens (including phenoxy) is 1. The number of nitrogens with two attached hydrogens (primary N) is 1. The minimum absolute atomic E-state index is 0.0756. The smallest absolute Gasteiger partial charge is 0.240 e. The van der Waals surface area contributed by atoms with E-state index in [0.29, 0.717) is 0 Å². The van der Waals surface area contributed by atoms with E-state index in [1.165, 1.54) is 7.11 Å². The monoisotopic (exact) mass is 276 g/mol. The van der Waals surface area contributed by atoms with Gasteiger partial charge in [0, 0.05) is 13.7 Å². The molecular weight excluding hydrogens is 259 g/mol. The first-order valence-corrected chi connectivity index (χ1v) is 6.76. The summed E-state index contributed by atoms with van der Waals surface area (Å²) >= 11 is 0. The van der Waals surface area contributed by atoms with Gasteiger partial charge in [-0.2, -0.15) is 0 Å². The molecule has 1 rings (SSSR count). The summed E-state index contributed by atoms with van der Waals surface area (Å²) in [6, 6.07) is 3.26. The first kappa shape index (κ1) is 14.9. The van der Waals surface area contributed by atoms with Crippen LogP contribution in [0.5, 0.6) is 0 Å². The first-order chi connectivity index (χ1) is 8.18. The van der Waals surface area contributed by atoms with Crippen LogP contribution in [0.15, 0.2) is 23.1 Å². The Morgan fingerprint density at radius 2 is 2.06 bits per heavy atom. The van der Waals surface area contributed by atoms with Gasteiger partial charge in [-0.05, 0) is 32.0 Å². The Bertz CT molecular complexity index is 529. The van der Waals surface area contributed by atoms with Gasteiger partial charge in [-0.25, -0.2) is 17.5 Å². The van der Waals surface area contributed by atoms with Gasteiger partial charge in [0.1, 0.15) is 5.82 Å². The van der Waals surface area contributed by atoms with Crippen molar-refractivity contribution >= 4 is 15.7 Å². The zero-order valence-electron chi connectivity index (χ0n) is 10.5. The zero-order chi connectivity index (χ0) is 14.0. The van der Waals surface area contributed by atoms with Crippen LogP contribution >= 0.6 is 0 Å². The average Bonchev–Trinajstić information content (AvgIpc) is 2.30. The number of anilines is 1. The molecule has 7 heteroatoms. The molecule has 0 fully saturated rings. The molecule has 0 saturated carbocycles. The normalized spacial score (nSPS) is 12.7. The van der Waals surface area contributed by atoms with E-state index in [2.05, 4.69) is 4.72 Å². The highest BCUT2D eigenvalue weighted by atomic mass is 32.2. The number of sulfonamides is 1. The van der Waals surface area contributed by atoms with Crippen molar-refractivity contribution in [2.45, 2.75) is 24.3 Å². The molecule has 0 aliphatic heterocycles. The molecule has 0 unspecified atom stereocenters. The summed E-state index contributed by atoms with van der Waals surface area (Å²) in [5.41, 5.74) is 4.50. The molecule has 0 heterocycles. The number of rotatable bonds is 5. The topological polar surface area (TPSA) is 81.4 Å². The standard InChI is InChI=1S/C11H17FN2O3S/c1-11(2,17-3)7-14-18(15,16)8-4-5-9(12)10(13)6-8/h4-6,14H,7,13H2,1-3H3. The third kappa shape index (κ3) is 3.66. The lowest BCUT2D eigenvalue weighted by Crippen LogP contribution is -2.39. The van der Waals surface area contributed by atoms with Crippen LogP contribution in [0.2, 0.25) is 0 Å². The van der Waals surface area contributed by atoms with Crippen LogP contribution in [0.4, 0.5) is 10.1 Å². The van der Waals surface area contributed by atoms with Crippen molar-refractivity contribution in [1.29, 1.82) is 0 Å². The molecular formula is C11H17FN2O3S. The zero-order valence-corrected chi connectivity index (χ0v) is 11.3. The molecule has 5 nitrogen and oxygen atoms in total. The van der Waals surface area contributed by atoms with Crippen molar-refractivity contribution in [3.63, 3.8) is 0 Å². The van der Waals surface area contributed by atoms with Gasteiger partial charge in [-0.3, -0.25) is 0 Å². The Labute approximate surface area is 106 Å². The molecule has 1 aromatic rings. The minimum Gasteiger partial charge on any atom is -0.396 e. The van der Waals surface area contributed by atoms with E-state index in [9.17, 15) is 12.8 Å². The van der Waals surface area contributed by atoms with E-state index in [4.69, 9.17) is 10.5 Å². The van der Waals surface area contributed by atoms with E-state index in [-0.39, 0.29) is 17.1 Å². The predicted molar refractivity (Wildman–Crippen MR) is 67.1 cm³/mol. The summed E-state index contributed by atoms with van der Waals surface area (Å²) in [7, 11) is -2.23. The van der Waals surface area contributed by atoms with Gasteiger partial charge < -0.3 is 10.5 Å². The summed E-state index contributed by atoms with van der Waals surface area (Å²) in [5, 5.41) is 0. The Morgan fingerprint density at radius 3 is 2.56 bits per heavy atom. The van der Waals surface area contributed by atoms with E-state index < -0.39 is 21.4 Å². The molecule has 0 amide bonds. The van der Waals surface area contributed by atoms with E-state index in [1.54, 1.807) is 13.8 Å². The van der Waals surface area contributed by atoms with Crippen LogP contribution in [0.25, 0.3) is 0 Å². The maximum atomic E-state index is 13.0. The minimum atomic E-state index is -3.72. The number of nitrogen functional groups attached to an aromatic ring is 1. The van der Waals surface area contributed by atoms with Crippen molar-refractivity contribution < 1.29 is 17.5 Å². The molecule has 0 aliphatic rings. The lowest BCUT2D eigenvalue weighted by atomic mass is 10.1. The lowest BCUT2D eigenvalue weighted by Gasteiger charge is -2.23. The number of hydrogen-bond acceptors (Lipinski definition) is 4. The molecule has 0 saturated heterocycles. The van der Waals surface area contributed by atoms with Gasteiger partial charge in [0.05, 0.1) is 16.2 Å². The maximum absolute atomic E-state index is 13.0. The molecule has 3 N–H and O–H groups in total. The van der Waals surface area contributed by atoms with Crippen molar-refractivity contribution in [2.75, 3.05) is 19.4 Å². The Morgan fingerprint density at radius 1 is 1.44 bits per heavy atom. The summed E-state index contributed by atoms with van der Waals surface area (Å²) in [6.45, 7) is 3.59. The fourth-order valence-electron chi connectivity index (χ4n) is 1.11. The molecule has 0 aromatic heterocycles. The molecule has 18 heavy (non-hydrogen) atoms. The number of hydrogen-bond donors (Lipinski definition) is 2. The van der Waals surface area contributed by atoms with E-state index in [1.807, 2.05) is 0 Å². The van der Waals surface area contributed by atoms with Gasteiger partial charge in [0.15, 0.2) is 0 Å². The van der Waals surface area contributed by atoms with Crippen molar-refractivity contribution in [3.8, 4) is 0 Å². The molecule has 0 spiro atoms. The van der Waals surface area contributed by atoms with Crippen LogP contribution in [0.3, 0.4) is 0 Å². The van der Waals surface area contributed by atoms with E-state index >= 15 is 0 Å². The summed E-state index contributed by atoms with van der Waals surface area (Å²) in [4.78, 5) is -0.0756. The Balaban J connectivity index is 2.90. The van der Waals surface area contributed by atoms with Crippen molar-refractivity contribution in [1.82, 2.24) is 4.72 Å². The number of benzene rings is 1. The van der Waals surface area contributed by atoms with Crippen molar-refractivity contribution in [3.05, 3.63) is 24.0 Å². The van der Waals surface area contributed by atoms with Crippen LogP contribution in [0, 0.1) is 5.82 Å². The third-order valence-electron chi connectivity index (χ3n) is 2.52. The first-order valence-electron chi connectivity index (χ1n) is 5.28. The van der Waals surface area contributed by atoms with Crippen LogP contribution < -0.4 is 10.5 Å². The molecule has 102 valence electrons. The highest BCUT2D eigenvalue weighted by Gasteiger charge is 2.22. The van der Waals surface area contributed by atoms with Crippen LogP contribution in [0.1, 0.15) is 13.8 Å². The summed E-state index contributed by atoms with van der Waals surface area (Å²) < 4.78 is 44.3. The highest BCUT2D eigenvalue weighted by molar-refractivity contribution is 7.89. The second-order valence-electron chi connectivity index (χ2n) is 4.47.